The Balaban J connectivity index is 1.99. The monoisotopic (exact) mass is 295 g/mol. The number of hydrogen-bond donors (Lipinski definition) is 1. The van der Waals surface area contributed by atoms with Gasteiger partial charge >= 0.3 is 0 Å². The fraction of sp³-hybridized carbons (Fsp3) is 0.200. The van der Waals surface area contributed by atoms with Crippen LogP contribution < -0.4 is 10.1 Å². The van der Waals surface area contributed by atoms with Gasteiger partial charge in [-0.2, -0.15) is 0 Å². The molecule has 4 heteroatoms. The molecule has 0 fully saturated rings. The summed E-state index contributed by atoms with van der Waals surface area (Å²) in [5.41, 5.74) is 1.14. The maximum absolute atomic E-state index is 5.88. The molecule has 0 aliphatic rings. The summed E-state index contributed by atoms with van der Waals surface area (Å²) in [5, 5.41) is 4.66. The Hall–Kier alpha value is -1.22. The lowest BCUT2D eigenvalue weighted by molar-refractivity contribution is 0.273. The first-order valence-electron chi connectivity index (χ1n) is 6.00. The molecule has 0 aliphatic heterocycles. The minimum absolute atomic E-state index is 0.118. The molecule has 0 aliphatic carbocycles. The van der Waals surface area contributed by atoms with E-state index in [0.29, 0.717) is 11.6 Å². The SMILES string of the molecule is CNC(COc1ccc(Cl)cc1)c1ccc(Cl)cc1. The Morgan fingerprint density at radius 1 is 0.947 bits per heavy atom. The van der Waals surface area contributed by atoms with E-state index in [2.05, 4.69) is 5.32 Å². The van der Waals surface area contributed by atoms with Crippen molar-refractivity contribution in [1.82, 2.24) is 5.32 Å². The van der Waals surface area contributed by atoms with Crippen molar-refractivity contribution in [2.24, 2.45) is 0 Å². The Kier molecular flexibility index (Phi) is 5.08. The van der Waals surface area contributed by atoms with E-state index in [1.54, 1.807) is 0 Å². The second-order valence-corrected chi connectivity index (χ2v) is 5.03. The molecule has 100 valence electrons. The van der Waals surface area contributed by atoms with E-state index in [1.807, 2.05) is 55.6 Å². The van der Waals surface area contributed by atoms with Gasteiger partial charge in [-0.25, -0.2) is 0 Å². The predicted molar refractivity (Wildman–Crippen MR) is 80.2 cm³/mol. The summed E-state index contributed by atoms with van der Waals surface area (Å²) in [7, 11) is 1.91. The molecule has 0 amide bonds. The second-order valence-electron chi connectivity index (χ2n) is 4.16. The number of nitrogens with one attached hydrogen (secondary N) is 1. The maximum atomic E-state index is 5.88. The third-order valence-electron chi connectivity index (χ3n) is 2.85. The van der Waals surface area contributed by atoms with E-state index in [1.165, 1.54) is 0 Å². The van der Waals surface area contributed by atoms with Crippen molar-refractivity contribution in [3.05, 3.63) is 64.1 Å². The third-order valence-corrected chi connectivity index (χ3v) is 3.36. The van der Waals surface area contributed by atoms with Crippen LogP contribution in [-0.4, -0.2) is 13.7 Å². The van der Waals surface area contributed by atoms with Crippen molar-refractivity contribution in [1.29, 1.82) is 0 Å². The quantitative estimate of drug-likeness (QED) is 0.886. The third kappa shape index (κ3) is 4.13. The van der Waals surface area contributed by atoms with Crippen molar-refractivity contribution in [3.8, 4) is 5.75 Å². The molecule has 0 heterocycles. The molecule has 2 aromatic rings. The van der Waals surface area contributed by atoms with E-state index < -0.39 is 0 Å². The highest BCUT2D eigenvalue weighted by Gasteiger charge is 2.09. The van der Waals surface area contributed by atoms with E-state index in [4.69, 9.17) is 27.9 Å². The smallest absolute Gasteiger partial charge is 0.119 e. The first-order valence-corrected chi connectivity index (χ1v) is 6.76. The van der Waals surface area contributed by atoms with Crippen LogP contribution in [0.25, 0.3) is 0 Å². The summed E-state index contributed by atoms with van der Waals surface area (Å²) in [6, 6.07) is 15.2. The molecule has 1 atom stereocenters. The first kappa shape index (κ1) is 14.2. The van der Waals surface area contributed by atoms with Crippen molar-refractivity contribution >= 4 is 23.2 Å². The van der Waals surface area contributed by atoms with Crippen molar-refractivity contribution in [2.45, 2.75) is 6.04 Å². The van der Waals surface area contributed by atoms with Gasteiger partial charge in [0.25, 0.3) is 0 Å². The van der Waals surface area contributed by atoms with E-state index >= 15 is 0 Å². The van der Waals surface area contributed by atoms with Crippen LogP contribution in [0.1, 0.15) is 11.6 Å². The van der Waals surface area contributed by atoms with Crippen LogP contribution in [0.4, 0.5) is 0 Å². The standard InChI is InChI=1S/C15H15Cl2NO/c1-18-15(11-2-4-12(16)5-3-11)10-19-14-8-6-13(17)7-9-14/h2-9,15,18H,10H2,1H3. The summed E-state index contributed by atoms with van der Waals surface area (Å²) in [5.74, 6) is 0.804. The molecule has 1 unspecified atom stereocenters. The molecule has 2 rings (SSSR count). The molecule has 0 aromatic heterocycles. The van der Waals surface area contributed by atoms with Crippen LogP contribution in [-0.2, 0) is 0 Å². The van der Waals surface area contributed by atoms with Gasteiger partial charge in [0.2, 0.25) is 0 Å². The van der Waals surface area contributed by atoms with Gasteiger partial charge in [-0.05, 0) is 49.0 Å². The lowest BCUT2D eigenvalue weighted by Crippen LogP contribution is -2.23. The lowest BCUT2D eigenvalue weighted by Gasteiger charge is -2.17. The zero-order valence-corrected chi connectivity index (χ0v) is 12.1. The molecule has 0 saturated carbocycles. The topological polar surface area (TPSA) is 21.3 Å². The maximum Gasteiger partial charge on any atom is 0.119 e. The number of likely N-dealkylation sites (N-methyl/N-ethyl adjacent to an activating group) is 1. The molecule has 19 heavy (non-hydrogen) atoms. The average Bonchev–Trinajstić information content (AvgIpc) is 2.43. The van der Waals surface area contributed by atoms with E-state index in [9.17, 15) is 0 Å². The minimum atomic E-state index is 0.118. The van der Waals surface area contributed by atoms with Gasteiger partial charge < -0.3 is 10.1 Å². The lowest BCUT2D eigenvalue weighted by atomic mass is 10.1. The highest BCUT2D eigenvalue weighted by molar-refractivity contribution is 6.30. The Morgan fingerprint density at radius 3 is 2.00 bits per heavy atom. The molecule has 2 nitrogen and oxygen atoms in total. The Morgan fingerprint density at radius 2 is 1.47 bits per heavy atom. The van der Waals surface area contributed by atoms with Gasteiger partial charge in [-0.3, -0.25) is 0 Å². The average molecular weight is 296 g/mol. The molecule has 1 N–H and O–H groups in total. The molecule has 2 aromatic carbocycles. The van der Waals surface area contributed by atoms with Crippen LogP contribution in [0.5, 0.6) is 5.75 Å². The number of hydrogen-bond acceptors (Lipinski definition) is 2. The van der Waals surface area contributed by atoms with Gasteiger partial charge in [-0.1, -0.05) is 35.3 Å². The van der Waals surface area contributed by atoms with E-state index in [0.717, 1.165) is 16.3 Å². The molecule has 0 bridgehead atoms. The van der Waals surface area contributed by atoms with Gasteiger partial charge in [-0.15, -0.1) is 0 Å². The Labute approximate surface area is 123 Å². The van der Waals surface area contributed by atoms with Gasteiger partial charge in [0, 0.05) is 10.0 Å². The summed E-state index contributed by atoms with van der Waals surface area (Å²) < 4.78 is 5.74. The minimum Gasteiger partial charge on any atom is -0.492 e. The van der Waals surface area contributed by atoms with Gasteiger partial charge in [0.1, 0.15) is 12.4 Å². The largest absolute Gasteiger partial charge is 0.492 e. The molecule has 0 spiro atoms. The number of rotatable bonds is 5. The number of halogens is 2. The van der Waals surface area contributed by atoms with Crippen molar-refractivity contribution in [3.63, 3.8) is 0 Å². The summed E-state index contributed by atoms with van der Waals surface area (Å²) in [4.78, 5) is 0. The summed E-state index contributed by atoms with van der Waals surface area (Å²) in [6.07, 6.45) is 0. The fourth-order valence-corrected chi connectivity index (χ4v) is 2.00. The van der Waals surface area contributed by atoms with Crippen LogP contribution >= 0.6 is 23.2 Å². The Bertz CT molecular complexity index is 511. The number of benzene rings is 2. The highest BCUT2D eigenvalue weighted by atomic mass is 35.5. The highest BCUT2D eigenvalue weighted by Crippen LogP contribution is 2.20. The van der Waals surface area contributed by atoms with E-state index in [-0.39, 0.29) is 6.04 Å². The second kappa shape index (κ2) is 6.80. The van der Waals surface area contributed by atoms with Crippen LogP contribution in [0, 0.1) is 0 Å². The van der Waals surface area contributed by atoms with Crippen LogP contribution in [0.2, 0.25) is 10.0 Å². The predicted octanol–water partition coefficient (Wildman–Crippen LogP) is 4.33. The zero-order valence-electron chi connectivity index (χ0n) is 10.6. The molecular weight excluding hydrogens is 281 g/mol. The summed E-state index contributed by atoms with van der Waals surface area (Å²) >= 11 is 11.7. The number of ether oxygens (including phenoxy) is 1. The zero-order chi connectivity index (χ0) is 13.7. The van der Waals surface area contributed by atoms with Crippen LogP contribution in [0.15, 0.2) is 48.5 Å². The summed E-state index contributed by atoms with van der Waals surface area (Å²) in [6.45, 7) is 0.541. The first-order chi connectivity index (χ1) is 9.19. The molecular formula is C15H15Cl2NO. The normalized spacial score (nSPS) is 12.2. The van der Waals surface area contributed by atoms with Crippen LogP contribution in [0.3, 0.4) is 0 Å². The fourth-order valence-electron chi connectivity index (χ4n) is 1.75. The molecule has 0 saturated heterocycles. The van der Waals surface area contributed by atoms with Gasteiger partial charge in [0.15, 0.2) is 0 Å². The molecule has 0 radical (unpaired) electrons. The van der Waals surface area contributed by atoms with Gasteiger partial charge in [0.05, 0.1) is 6.04 Å². The van der Waals surface area contributed by atoms with Crippen molar-refractivity contribution < 1.29 is 4.74 Å². The van der Waals surface area contributed by atoms with Crippen molar-refractivity contribution in [2.75, 3.05) is 13.7 Å².